The summed E-state index contributed by atoms with van der Waals surface area (Å²) in [4.78, 5) is 26.5. The van der Waals surface area contributed by atoms with Crippen LogP contribution in [0.3, 0.4) is 0 Å². The molecule has 1 saturated carbocycles. The van der Waals surface area contributed by atoms with Crippen LogP contribution in [0.1, 0.15) is 44.6 Å². The number of hydrogen-bond acceptors (Lipinski definition) is 2. The average molecular weight is 333 g/mol. The summed E-state index contributed by atoms with van der Waals surface area (Å²) in [5.41, 5.74) is 0.0393. The highest BCUT2D eigenvalue weighted by molar-refractivity contribution is 5.89. The number of rotatable bonds is 3. The van der Waals surface area contributed by atoms with E-state index in [1.54, 1.807) is 11.0 Å². The van der Waals surface area contributed by atoms with Crippen molar-refractivity contribution in [3.63, 3.8) is 0 Å². The lowest BCUT2D eigenvalue weighted by atomic mass is 9.76. The number of likely N-dealkylation sites (tertiary alicyclic amines) is 1. The van der Waals surface area contributed by atoms with Crippen LogP contribution in [0.4, 0.5) is 4.39 Å². The topological polar surface area (TPSA) is 57.6 Å². The number of aliphatic carboxylic acids is 1. The first-order valence-electron chi connectivity index (χ1n) is 8.70. The van der Waals surface area contributed by atoms with Crippen LogP contribution >= 0.6 is 0 Å². The average Bonchev–Trinajstić information content (AvgIpc) is 3.04. The van der Waals surface area contributed by atoms with Crippen LogP contribution in [0, 0.1) is 17.7 Å². The molecule has 1 saturated heterocycles. The molecule has 2 aliphatic rings. The third kappa shape index (κ3) is 3.04. The van der Waals surface area contributed by atoms with Crippen molar-refractivity contribution in [1.82, 2.24) is 4.90 Å². The SMILES string of the molecule is CC1CC(C(=O)O)CN(C(=O)C2(c3cccc(F)c3)CCCC2)C1. The number of benzene rings is 1. The fourth-order valence-corrected chi connectivity index (χ4v) is 4.39. The number of carboxylic acid groups (broad SMARTS) is 1. The molecular formula is C19H24FNO3. The molecule has 24 heavy (non-hydrogen) atoms. The van der Waals surface area contributed by atoms with Crippen LogP contribution in [0.25, 0.3) is 0 Å². The van der Waals surface area contributed by atoms with Crippen molar-refractivity contribution in [3.8, 4) is 0 Å². The largest absolute Gasteiger partial charge is 0.481 e. The Morgan fingerprint density at radius 3 is 2.58 bits per heavy atom. The van der Waals surface area contributed by atoms with Crippen molar-refractivity contribution < 1.29 is 19.1 Å². The standard InChI is InChI=1S/C19H24FNO3/c1-13-9-14(17(22)23)12-21(11-13)18(24)19(7-2-3-8-19)15-5-4-6-16(20)10-15/h4-6,10,13-14H,2-3,7-9,11-12H2,1H3,(H,22,23). The fourth-order valence-electron chi connectivity index (χ4n) is 4.39. The number of carbonyl (C=O) groups is 2. The predicted octanol–water partition coefficient (Wildman–Crippen LogP) is 3.21. The third-order valence-electron chi connectivity index (χ3n) is 5.54. The Kier molecular flexibility index (Phi) is 4.61. The third-order valence-corrected chi connectivity index (χ3v) is 5.54. The minimum atomic E-state index is -0.842. The van der Waals surface area contributed by atoms with Gasteiger partial charge in [-0.15, -0.1) is 0 Å². The van der Waals surface area contributed by atoms with E-state index in [4.69, 9.17) is 0 Å². The first-order chi connectivity index (χ1) is 11.4. The van der Waals surface area contributed by atoms with E-state index in [-0.39, 0.29) is 24.2 Å². The molecule has 1 heterocycles. The van der Waals surface area contributed by atoms with Gasteiger partial charge in [0.1, 0.15) is 5.82 Å². The number of carbonyl (C=O) groups excluding carboxylic acids is 1. The van der Waals surface area contributed by atoms with Crippen molar-refractivity contribution in [2.24, 2.45) is 11.8 Å². The van der Waals surface area contributed by atoms with Gasteiger partial charge in [-0.05, 0) is 42.9 Å². The van der Waals surface area contributed by atoms with Gasteiger partial charge in [-0.25, -0.2) is 4.39 Å². The van der Waals surface area contributed by atoms with Gasteiger partial charge in [-0.1, -0.05) is 31.9 Å². The van der Waals surface area contributed by atoms with Crippen molar-refractivity contribution >= 4 is 11.9 Å². The zero-order valence-electron chi connectivity index (χ0n) is 14.0. The van der Waals surface area contributed by atoms with Crippen LogP contribution < -0.4 is 0 Å². The summed E-state index contributed by atoms with van der Waals surface area (Å²) in [6, 6.07) is 6.33. The highest BCUT2D eigenvalue weighted by Crippen LogP contribution is 2.43. The molecule has 2 atom stereocenters. The number of hydrogen-bond donors (Lipinski definition) is 1. The monoisotopic (exact) mass is 333 g/mol. The lowest BCUT2D eigenvalue weighted by Gasteiger charge is -2.40. The minimum absolute atomic E-state index is 0.0246. The Bertz CT molecular complexity index is 639. The van der Waals surface area contributed by atoms with Gasteiger partial charge in [0, 0.05) is 13.1 Å². The maximum Gasteiger partial charge on any atom is 0.308 e. The molecule has 0 aromatic heterocycles. The van der Waals surface area contributed by atoms with E-state index in [1.807, 2.05) is 13.0 Å². The van der Waals surface area contributed by atoms with E-state index in [0.717, 1.165) is 18.4 Å². The van der Waals surface area contributed by atoms with Gasteiger partial charge >= 0.3 is 5.97 Å². The molecule has 1 aliphatic carbocycles. The highest BCUT2D eigenvalue weighted by atomic mass is 19.1. The first kappa shape index (κ1) is 16.9. The van der Waals surface area contributed by atoms with E-state index < -0.39 is 17.3 Å². The van der Waals surface area contributed by atoms with E-state index in [0.29, 0.717) is 25.8 Å². The number of amides is 1. The molecule has 130 valence electrons. The Morgan fingerprint density at radius 1 is 1.25 bits per heavy atom. The molecule has 2 unspecified atom stereocenters. The summed E-state index contributed by atoms with van der Waals surface area (Å²) >= 11 is 0. The second-order valence-electron chi connectivity index (χ2n) is 7.39. The van der Waals surface area contributed by atoms with Gasteiger partial charge in [0.25, 0.3) is 0 Å². The minimum Gasteiger partial charge on any atom is -0.481 e. The van der Waals surface area contributed by atoms with Gasteiger partial charge in [-0.3, -0.25) is 9.59 Å². The lowest BCUT2D eigenvalue weighted by Crippen LogP contribution is -2.52. The second-order valence-corrected chi connectivity index (χ2v) is 7.39. The number of nitrogens with zero attached hydrogens (tertiary/aromatic N) is 1. The molecule has 0 radical (unpaired) electrons. The van der Waals surface area contributed by atoms with Crippen LogP contribution in [-0.2, 0) is 15.0 Å². The number of piperidine rings is 1. The summed E-state index contributed by atoms with van der Waals surface area (Å²) < 4.78 is 13.7. The quantitative estimate of drug-likeness (QED) is 0.924. The van der Waals surface area contributed by atoms with Crippen molar-refractivity contribution in [3.05, 3.63) is 35.6 Å². The summed E-state index contributed by atoms with van der Waals surface area (Å²) in [6.45, 7) is 2.83. The maximum atomic E-state index is 13.7. The molecule has 1 aromatic rings. The maximum absolute atomic E-state index is 13.7. The Morgan fingerprint density at radius 2 is 1.96 bits per heavy atom. The zero-order valence-corrected chi connectivity index (χ0v) is 14.0. The van der Waals surface area contributed by atoms with E-state index >= 15 is 0 Å². The molecule has 0 spiro atoms. The molecule has 4 nitrogen and oxygen atoms in total. The molecular weight excluding hydrogens is 309 g/mol. The smallest absolute Gasteiger partial charge is 0.308 e. The molecule has 1 aliphatic heterocycles. The molecule has 2 fully saturated rings. The van der Waals surface area contributed by atoms with Crippen LogP contribution in [0.2, 0.25) is 0 Å². The first-order valence-corrected chi connectivity index (χ1v) is 8.70. The molecule has 1 amide bonds. The lowest BCUT2D eigenvalue weighted by molar-refractivity contribution is -0.148. The second kappa shape index (κ2) is 6.54. The molecule has 1 aromatic carbocycles. The number of halogens is 1. The van der Waals surface area contributed by atoms with E-state index in [9.17, 15) is 19.1 Å². The van der Waals surface area contributed by atoms with E-state index in [2.05, 4.69) is 0 Å². The van der Waals surface area contributed by atoms with Gasteiger partial charge in [0.2, 0.25) is 5.91 Å². The molecule has 1 N–H and O–H groups in total. The number of carboxylic acids is 1. The summed E-state index contributed by atoms with van der Waals surface area (Å²) in [5.74, 6) is -1.55. The van der Waals surface area contributed by atoms with Gasteiger partial charge in [0.15, 0.2) is 0 Å². The van der Waals surface area contributed by atoms with Gasteiger partial charge < -0.3 is 10.0 Å². The molecule has 0 bridgehead atoms. The highest BCUT2D eigenvalue weighted by Gasteiger charge is 2.46. The molecule has 5 heteroatoms. The predicted molar refractivity (Wildman–Crippen MR) is 88.0 cm³/mol. The fraction of sp³-hybridized carbons (Fsp3) is 0.579. The zero-order chi connectivity index (χ0) is 17.3. The molecule has 3 rings (SSSR count). The Labute approximate surface area is 141 Å². The summed E-state index contributed by atoms with van der Waals surface area (Å²) in [5, 5.41) is 9.35. The van der Waals surface area contributed by atoms with Crippen LogP contribution in [0.15, 0.2) is 24.3 Å². The van der Waals surface area contributed by atoms with Crippen molar-refractivity contribution in [2.75, 3.05) is 13.1 Å². The van der Waals surface area contributed by atoms with Crippen LogP contribution in [-0.4, -0.2) is 35.0 Å². The Hall–Kier alpha value is -1.91. The summed E-state index contributed by atoms with van der Waals surface area (Å²) in [6.07, 6.45) is 3.89. The summed E-state index contributed by atoms with van der Waals surface area (Å²) in [7, 11) is 0. The normalized spacial score (nSPS) is 26.3. The van der Waals surface area contributed by atoms with Crippen molar-refractivity contribution in [1.29, 1.82) is 0 Å². The van der Waals surface area contributed by atoms with Gasteiger partial charge in [0.05, 0.1) is 11.3 Å². The van der Waals surface area contributed by atoms with E-state index in [1.165, 1.54) is 12.1 Å². The Balaban J connectivity index is 1.91. The van der Waals surface area contributed by atoms with Gasteiger partial charge in [-0.2, -0.15) is 0 Å². The van der Waals surface area contributed by atoms with Crippen LogP contribution in [0.5, 0.6) is 0 Å². The van der Waals surface area contributed by atoms with Crippen molar-refractivity contribution in [2.45, 2.75) is 44.4 Å².